The van der Waals surface area contributed by atoms with Crippen molar-refractivity contribution in [1.82, 2.24) is 55.7 Å². The molecule has 4 heterocycles. The van der Waals surface area contributed by atoms with Crippen molar-refractivity contribution in [3.63, 3.8) is 0 Å². The Labute approximate surface area is 400 Å². The molecule has 0 aliphatic carbocycles. The molecule has 5 amide bonds. The Morgan fingerprint density at radius 3 is 1.94 bits per heavy atom. The number of aromatic amines is 1. The number of likely N-dealkylation sites (tertiary alicyclic amines) is 1. The number of aromatic nitrogens is 2. The number of urea groups is 1. The molecule has 0 radical (unpaired) electrons. The Morgan fingerprint density at radius 2 is 1.28 bits per heavy atom. The van der Waals surface area contributed by atoms with E-state index < -0.39 is 12.1 Å². The molecule has 15 heteroatoms. The molecule has 3 aliphatic rings. The van der Waals surface area contributed by atoms with Gasteiger partial charge in [0.1, 0.15) is 17.9 Å². The summed E-state index contributed by atoms with van der Waals surface area (Å²) in [6.45, 7) is 8.99. The number of unbranched alkanes of at least 4 members (excludes halogenated alkanes) is 1. The Morgan fingerprint density at radius 1 is 0.676 bits per heavy atom. The molecule has 5 N–H and O–H groups in total. The Balaban J connectivity index is 0.777. The van der Waals surface area contributed by atoms with Gasteiger partial charge in [0, 0.05) is 85.1 Å². The highest BCUT2D eigenvalue weighted by atomic mass is 16.2. The topological polar surface area (TPSA) is 161 Å². The first kappa shape index (κ1) is 48.1. The number of imidazole rings is 1. The first-order chi connectivity index (χ1) is 33.2. The van der Waals surface area contributed by atoms with Crippen molar-refractivity contribution >= 4 is 23.8 Å². The number of H-pyrrole nitrogens is 1. The van der Waals surface area contributed by atoms with E-state index in [-0.39, 0.29) is 29.8 Å². The highest BCUT2D eigenvalue weighted by Crippen LogP contribution is 2.34. The quantitative estimate of drug-likeness (QED) is 0.0711. The van der Waals surface area contributed by atoms with Crippen molar-refractivity contribution in [3.05, 3.63) is 138 Å². The summed E-state index contributed by atoms with van der Waals surface area (Å²) in [6.07, 6.45) is 5.25. The number of likely N-dealkylation sites (N-methyl/N-ethyl adjacent to an activating group) is 2. The van der Waals surface area contributed by atoms with E-state index in [9.17, 15) is 19.2 Å². The van der Waals surface area contributed by atoms with Crippen molar-refractivity contribution in [2.75, 3.05) is 86.2 Å². The van der Waals surface area contributed by atoms with E-state index in [1.807, 2.05) is 90.9 Å². The number of hydrogen-bond acceptors (Lipinski definition) is 9. The van der Waals surface area contributed by atoms with E-state index in [1.165, 1.54) is 0 Å². The molecule has 3 atom stereocenters. The Kier molecular flexibility index (Phi) is 16.7. The fourth-order valence-electron chi connectivity index (χ4n) is 9.19. The minimum atomic E-state index is -0.804. The van der Waals surface area contributed by atoms with Gasteiger partial charge >= 0.3 is 6.03 Å². The molecule has 4 aromatic carbocycles. The zero-order valence-corrected chi connectivity index (χ0v) is 39.5. The molecule has 3 saturated heterocycles. The van der Waals surface area contributed by atoms with Crippen LogP contribution in [0.4, 0.5) is 4.79 Å². The van der Waals surface area contributed by atoms with E-state index in [0.717, 1.165) is 97.0 Å². The minimum absolute atomic E-state index is 0.0445. The van der Waals surface area contributed by atoms with Crippen molar-refractivity contribution < 1.29 is 19.2 Å². The van der Waals surface area contributed by atoms with Gasteiger partial charge in [0.2, 0.25) is 17.7 Å². The maximum Gasteiger partial charge on any atom is 0.318 e. The highest BCUT2D eigenvalue weighted by Gasteiger charge is 2.36. The third kappa shape index (κ3) is 12.8. The minimum Gasteiger partial charge on any atom is -0.354 e. The van der Waals surface area contributed by atoms with E-state index in [1.54, 1.807) is 4.90 Å². The van der Waals surface area contributed by atoms with Crippen LogP contribution in [0.3, 0.4) is 0 Å². The lowest BCUT2D eigenvalue weighted by Crippen LogP contribution is -2.52. The van der Waals surface area contributed by atoms with Crippen LogP contribution < -0.4 is 21.3 Å². The smallest absolute Gasteiger partial charge is 0.318 e. The van der Waals surface area contributed by atoms with E-state index in [0.29, 0.717) is 58.7 Å². The molecule has 5 aromatic rings. The number of benzene rings is 4. The van der Waals surface area contributed by atoms with Crippen molar-refractivity contribution in [2.24, 2.45) is 0 Å². The molecule has 0 spiro atoms. The lowest BCUT2D eigenvalue weighted by Gasteiger charge is -2.34. The second-order valence-corrected chi connectivity index (χ2v) is 18.4. The molecule has 8 rings (SSSR count). The van der Waals surface area contributed by atoms with E-state index >= 15 is 0 Å². The van der Waals surface area contributed by atoms with Crippen molar-refractivity contribution in [1.29, 1.82) is 0 Å². The van der Waals surface area contributed by atoms with Crippen LogP contribution in [0.1, 0.15) is 72.7 Å². The molecular formula is C53H67N11O4. The van der Waals surface area contributed by atoms with Gasteiger partial charge in [-0.25, -0.2) is 9.78 Å². The van der Waals surface area contributed by atoms with Crippen LogP contribution in [-0.4, -0.2) is 144 Å². The summed E-state index contributed by atoms with van der Waals surface area (Å²) in [7, 11) is 4.18. The van der Waals surface area contributed by atoms with Crippen molar-refractivity contribution in [2.45, 2.75) is 56.8 Å². The largest absolute Gasteiger partial charge is 0.354 e. The maximum absolute atomic E-state index is 14.3. The number of piperazine rings is 2. The average molecular weight is 922 g/mol. The molecule has 15 nitrogen and oxygen atoms in total. The van der Waals surface area contributed by atoms with Gasteiger partial charge in [-0.15, -0.1) is 0 Å². The maximum atomic E-state index is 14.3. The van der Waals surface area contributed by atoms with Crippen LogP contribution >= 0.6 is 0 Å². The van der Waals surface area contributed by atoms with Gasteiger partial charge in [0.05, 0.1) is 17.9 Å². The SMILES string of the molecule is CN1CCN(CN[C@@H](C(=O)N2CCC[C@H]2c2ncc(-c3ccc(-c4ccc(CNC(=O)CCCCNC(=O)[C@H](NC(=O)N5CCN(C)CC5)c5ccccc5)cc4)cc3)[nH]2)c2ccccc2)CC1. The first-order valence-corrected chi connectivity index (χ1v) is 24.3. The van der Waals surface area contributed by atoms with Gasteiger partial charge in [0.25, 0.3) is 0 Å². The third-order valence-corrected chi connectivity index (χ3v) is 13.5. The number of carbonyl (C=O) groups excluding carboxylic acids is 4. The number of hydrogen-bond donors (Lipinski definition) is 5. The summed E-state index contributed by atoms with van der Waals surface area (Å²) in [5, 5.41) is 12.5. The number of nitrogens with zero attached hydrogens (tertiary/aromatic N) is 6. The zero-order valence-electron chi connectivity index (χ0n) is 39.5. The van der Waals surface area contributed by atoms with Crippen LogP contribution in [0.5, 0.6) is 0 Å². The van der Waals surface area contributed by atoms with Crippen LogP contribution in [-0.2, 0) is 20.9 Å². The van der Waals surface area contributed by atoms with Crippen molar-refractivity contribution in [3.8, 4) is 22.4 Å². The molecule has 68 heavy (non-hydrogen) atoms. The summed E-state index contributed by atoms with van der Waals surface area (Å²) < 4.78 is 0. The molecular weight excluding hydrogens is 855 g/mol. The number of carbonyl (C=O) groups is 4. The van der Waals surface area contributed by atoms with E-state index in [4.69, 9.17) is 4.98 Å². The molecule has 0 unspecified atom stereocenters. The van der Waals surface area contributed by atoms with Gasteiger partial charge in [-0.2, -0.15) is 0 Å². The standard InChI is InChI=1S/C53H67N11O4/c1-60-28-32-62(33-29-60)38-57-49(44-14-7-4-8-15-44)52(67)64-27-11-16-46(64)50-56-37-45(58-50)42-24-22-41(23-25-42)40-20-18-39(19-21-40)36-55-47(65)17-9-10-26-54-51(66)48(43-12-5-3-6-13-43)59-53(68)63-34-30-61(2)31-35-63/h3-8,12-15,18-25,37,46,48-49,57H,9-11,16-17,26-36,38H2,1-2H3,(H,54,66)(H,55,65)(H,56,58)(H,59,68)/t46-,48+,49+/m0/s1. The highest BCUT2D eigenvalue weighted by molar-refractivity contribution is 5.88. The van der Waals surface area contributed by atoms with Gasteiger partial charge in [-0.3, -0.25) is 24.6 Å². The van der Waals surface area contributed by atoms with Gasteiger partial charge in [0.15, 0.2) is 0 Å². The van der Waals surface area contributed by atoms with Crippen LogP contribution in [0.15, 0.2) is 115 Å². The van der Waals surface area contributed by atoms with E-state index in [2.05, 4.69) is 84.4 Å². The summed E-state index contributed by atoms with van der Waals surface area (Å²) >= 11 is 0. The molecule has 3 aliphatic heterocycles. The molecule has 0 saturated carbocycles. The summed E-state index contributed by atoms with van der Waals surface area (Å²) in [5.41, 5.74) is 6.77. The zero-order chi connectivity index (χ0) is 47.2. The van der Waals surface area contributed by atoms with Crippen LogP contribution in [0.2, 0.25) is 0 Å². The monoisotopic (exact) mass is 922 g/mol. The fourth-order valence-corrected chi connectivity index (χ4v) is 9.19. The molecule has 1 aromatic heterocycles. The van der Waals surface area contributed by atoms with Crippen LogP contribution in [0.25, 0.3) is 22.4 Å². The summed E-state index contributed by atoms with van der Waals surface area (Å²) in [4.78, 5) is 72.4. The predicted octanol–water partition coefficient (Wildman–Crippen LogP) is 5.54. The lowest BCUT2D eigenvalue weighted by molar-refractivity contribution is -0.135. The second kappa shape index (κ2) is 23.6. The van der Waals surface area contributed by atoms with Crippen LogP contribution in [0, 0.1) is 0 Å². The Hall–Kier alpha value is -6.39. The Bertz CT molecular complexity index is 2400. The lowest BCUT2D eigenvalue weighted by atomic mass is 10.0. The first-order valence-electron chi connectivity index (χ1n) is 24.3. The van der Waals surface area contributed by atoms with Gasteiger partial charge in [-0.1, -0.05) is 109 Å². The normalized spacial score (nSPS) is 17.9. The predicted molar refractivity (Wildman–Crippen MR) is 265 cm³/mol. The third-order valence-electron chi connectivity index (χ3n) is 13.5. The van der Waals surface area contributed by atoms with Gasteiger partial charge < -0.3 is 40.5 Å². The number of rotatable bonds is 18. The number of nitrogens with one attached hydrogen (secondary N) is 5. The van der Waals surface area contributed by atoms with Gasteiger partial charge in [-0.05, 0) is 73.2 Å². The number of amides is 5. The fraction of sp³-hybridized carbons (Fsp3) is 0.415. The average Bonchev–Trinajstić information content (AvgIpc) is 4.08. The summed E-state index contributed by atoms with van der Waals surface area (Å²) in [6, 6.07) is 34.3. The summed E-state index contributed by atoms with van der Waals surface area (Å²) in [5.74, 6) is 0.577. The molecule has 3 fully saturated rings. The second-order valence-electron chi connectivity index (χ2n) is 18.4. The molecule has 358 valence electrons. The molecule has 0 bridgehead atoms.